The lowest BCUT2D eigenvalue weighted by molar-refractivity contribution is 0.267. The highest BCUT2D eigenvalue weighted by atomic mass is 79.9. The third-order valence-electron chi connectivity index (χ3n) is 5.18. The minimum absolute atomic E-state index is 0.415. The summed E-state index contributed by atoms with van der Waals surface area (Å²) in [6, 6.07) is 19.9. The highest BCUT2D eigenvalue weighted by molar-refractivity contribution is 9.10. The third-order valence-corrected chi connectivity index (χ3v) is 6.00. The minimum atomic E-state index is 0.415. The van der Waals surface area contributed by atoms with Gasteiger partial charge in [0.05, 0.1) is 22.1 Å². The minimum Gasteiger partial charge on any atom is -0.490 e. The molecular weight excluding hydrogens is 502 g/mol. The van der Waals surface area contributed by atoms with Crippen LogP contribution >= 0.6 is 27.5 Å². The summed E-state index contributed by atoms with van der Waals surface area (Å²) in [5.41, 5.74) is 4.24. The summed E-state index contributed by atoms with van der Waals surface area (Å²) >= 11 is 9.74. The van der Waals surface area contributed by atoms with E-state index in [2.05, 4.69) is 43.3 Å². The van der Waals surface area contributed by atoms with Crippen LogP contribution in [0.5, 0.6) is 11.5 Å². The maximum Gasteiger partial charge on any atom is 0.175 e. The molecule has 4 aromatic rings. The number of hydrogen-bond donors (Lipinski definition) is 2. The molecule has 0 aliphatic heterocycles. The van der Waals surface area contributed by atoms with Crippen LogP contribution in [0.2, 0.25) is 5.02 Å². The molecule has 0 spiro atoms. The number of hydrogen-bond acceptors (Lipinski definition) is 4. The van der Waals surface area contributed by atoms with Gasteiger partial charge in [0.25, 0.3) is 0 Å². The lowest BCUT2D eigenvalue weighted by Gasteiger charge is -2.16. The summed E-state index contributed by atoms with van der Waals surface area (Å²) in [4.78, 5) is 8.02. The predicted octanol–water partition coefficient (Wildman–Crippen LogP) is 6.68. The molecule has 0 aliphatic carbocycles. The lowest BCUT2D eigenvalue weighted by atomic mass is 10.2. The summed E-state index contributed by atoms with van der Waals surface area (Å²) in [6.07, 6.45) is 1.91. The second kappa shape index (κ2) is 11.5. The number of rotatable bonds is 11. The van der Waals surface area contributed by atoms with Crippen LogP contribution in [0.15, 0.2) is 65.1 Å². The molecule has 0 amide bonds. The van der Waals surface area contributed by atoms with Gasteiger partial charge in [-0.3, -0.25) is 0 Å². The largest absolute Gasteiger partial charge is 0.490 e. The summed E-state index contributed by atoms with van der Waals surface area (Å²) in [7, 11) is 0. The van der Waals surface area contributed by atoms with Gasteiger partial charge in [-0.1, -0.05) is 35.9 Å². The molecule has 5 nitrogen and oxygen atoms in total. The zero-order valence-corrected chi connectivity index (χ0v) is 20.9. The molecule has 0 fully saturated rings. The Balaban J connectivity index is 1.31. The molecule has 3 aromatic carbocycles. The van der Waals surface area contributed by atoms with E-state index in [1.165, 1.54) is 0 Å². The van der Waals surface area contributed by atoms with Gasteiger partial charge in [0.1, 0.15) is 12.4 Å². The Morgan fingerprint density at radius 3 is 2.73 bits per heavy atom. The number of benzene rings is 3. The molecule has 0 unspecified atom stereocenters. The molecule has 1 aromatic heterocycles. The second-order valence-electron chi connectivity index (χ2n) is 7.74. The number of nitrogens with one attached hydrogen (secondary N) is 2. The first-order chi connectivity index (χ1) is 16.1. The summed E-state index contributed by atoms with van der Waals surface area (Å²) in [5.74, 6) is 2.46. The molecule has 0 radical (unpaired) electrons. The number of para-hydroxylation sites is 2. The number of halogens is 2. The van der Waals surface area contributed by atoms with Gasteiger partial charge in [-0.15, -0.1) is 0 Å². The topological polar surface area (TPSA) is 59.2 Å². The van der Waals surface area contributed by atoms with Crippen molar-refractivity contribution in [3.05, 3.63) is 87.1 Å². The Labute approximate surface area is 207 Å². The van der Waals surface area contributed by atoms with Gasteiger partial charge >= 0.3 is 0 Å². The normalized spacial score (nSPS) is 11.1. The molecule has 33 heavy (non-hydrogen) atoms. The van der Waals surface area contributed by atoms with Crippen LogP contribution in [0.4, 0.5) is 0 Å². The Kier molecular flexibility index (Phi) is 8.26. The molecule has 0 saturated carbocycles. The van der Waals surface area contributed by atoms with Gasteiger partial charge in [-0.05, 0) is 83.3 Å². The van der Waals surface area contributed by atoms with Crippen LogP contribution in [0.25, 0.3) is 11.0 Å². The molecule has 2 N–H and O–H groups in total. The lowest BCUT2D eigenvalue weighted by Crippen LogP contribution is -2.15. The van der Waals surface area contributed by atoms with Crippen LogP contribution < -0.4 is 14.8 Å². The maximum atomic E-state index is 6.08. The standard InChI is InChI=1S/C26H27BrClN3O2/c1-2-32-24-15-19(14-21(27)26(24)33-17-18-7-5-8-20(28)13-18)16-29-12-6-11-25-30-22-9-3-4-10-23(22)31-25/h3-5,7-10,13-15,29H,2,6,11-12,16-17H2,1H3,(H,30,31). The SMILES string of the molecule is CCOc1cc(CNCCCc2nc3ccccc3[nH]2)cc(Br)c1OCc1cccc(Cl)c1. The predicted molar refractivity (Wildman–Crippen MR) is 137 cm³/mol. The van der Waals surface area contributed by atoms with E-state index in [0.29, 0.717) is 24.0 Å². The molecule has 0 aliphatic rings. The number of fused-ring (bicyclic) bond motifs is 1. The fraction of sp³-hybridized carbons (Fsp3) is 0.269. The second-order valence-corrected chi connectivity index (χ2v) is 9.03. The molecule has 0 bridgehead atoms. The fourth-order valence-corrected chi connectivity index (χ4v) is 4.46. The van der Waals surface area contributed by atoms with Crippen LogP contribution in [-0.2, 0) is 19.6 Å². The molecule has 1 heterocycles. The first-order valence-electron chi connectivity index (χ1n) is 11.1. The first kappa shape index (κ1) is 23.6. The van der Waals surface area contributed by atoms with E-state index < -0.39 is 0 Å². The number of ether oxygens (including phenoxy) is 2. The number of aromatic nitrogens is 2. The quantitative estimate of drug-likeness (QED) is 0.213. The Bertz CT molecular complexity index is 1180. The monoisotopic (exact) mass is 527 g/mol. The molecule has 4 rings (SSSR count). The zero-order chi connectivity index (χ0) is 23.0. The van der Waals surface area contributed by atoms with Crippen LogP contribution in [0, 0.1) is 0 Å². The van der Waals surface area contributed by atoms with Gasteiger partial charge in [-0.25, -0.2) is 4.98 Å². The van der Waals surface area contributed by atoms with Crippen molar-refractivity contribution in [3.8, 4) is 11.5 Å². The van der Waals surface area contributed by atoms with Crippen LogP contribution in [-0.4, -0.2) is 23.1 Å². The van der Waals surface area contributed by atoms with Crippen molar-refractivity contribution >= 4 is 38.6 Å². The molecule has 7 heteroatoms. The van der Waals surface area contributed by atoms with Gasteiger partial charge in [0.15, 0.2) is 11.5 Å². The molecular formula is C26H27BrClN3O2. The zero-order valence-electron chi connectivity index (χ0n) is 18.5. The number of aryl methyl sites for hydroxylation is 1. The highest BCUT2D eigenvalue weighted by Gasteiger charge is 2.13. The van der Waals surface area contributed by atoms with E-state index >= 15 is 0 Å². The van der Waals surface area contributed by atoms with E-state index in [1.807, 2.05) is 55.5 Å². The number of nitrogens with zero attached hydrogens (tertiary/aromatic N) is 1. The Morgan fingerprint density at radius 1 is 1.03 bits per heavy atom. The van der Waals surface area contributed by atoms with E-state index in [9.17, 15) is 0 Å². The Morgan fingerprint density at radius 2 is 1.91 bits per heavy atom. The van der Waals surface area contributed by atoms with Gasteiger partial charge in [-0.2, -0.15) is 0 Å². The summed E-state index contributed by atoms with van der Waals surface area (Å²) in [5, 5.41) is 4.21. The van der Waals surface area contributed by atoms with Crippen LogP contribution in [0.1, 0.15) is 30.3 Å². The fourth-order valence-electron chi connectivity index (χ4n) is 3.65. The van der Waals surface area contributed by atoms with E-state index in [0.717, 1.165) is 64.1 Å². The van der Waals surface area contributed by atoms with Crippen LogP contribution in [0.3, 0.4) is 0 Å². The van der Waals surface area contributed by atoms with Crippen molar-refractivity contribution in [3.63, 3.8) is 0 Å². The van der Waals surface area contributed by atoms with E-state index in [1.54, 1.807) is 0 Å². The van der Waals surface area contributed by atoms with Crippen molar-refractivity contribution in [2.24, 2.45) is 0 Å². The van der Waals surface area contributed by atoms with E-state index in [-0.39, 0.29) is 0 Å². The maximum absolute atomic E-state index is 6.08. The first-order valence-corrected chi connectivity index (χ1v) is 12.3. The average molecular weight is 529 g/mol. The number of H-pyrrole nitrogens is 1. The van der Waals surface area contributed by atoms with Crippen molar-refractivity contribution in [2.45, 2.75) is 32.9 Å². The van der Waals surface area contributed by atoms with Gasteiger partial charge < -0.3 is 19.8 Å². The van der Waals surface area contributed by atoms with Crippen molar-refractivity contribution in [1.29, 1.82) is 0 Å². The van der Waals surface area contributed by atoms with Gasteiger partial charge in [0, 0.05) is 18.0 Å². The Hall–Kier alpha value is -2.54. The average Bonchev–Trinajstić information content (AvgIpc) is 3.21. The summed E-state index contributed by atoms with van der Waals surface area (Å²) in [6.45, 7) is 4.59. The molecule has 0 atom stereocenters. The van der Waals surface area contributed by atoms with E-state index in [4.69, 9.17) is 21.1 Å². The van der Waals surface area contributed by atoms with Gasteiger partial charge in [0.2, 0.25) is 0 Å². The smallest absolute Gasteiger partial charge is 0.175 e. The number of imidazole rings is 1. The molecule has 0 saturated heterocycles. The highest BCUT2D eigenvalue weighted by Crippen LogP contribution is 2.37. The number of aromatic amines is 1. The third kappa shape index (κ3) is 6.50. The van der Waals surface area contributed by atoms with Crippen molar-refractivity contribution in [1.82, 2.24) is 15.3 Å². The van der Waals surface area contributed by atoms with Crippen molar-refractivity contribution in [2.75, 3.05) is 13.2 Å². The summed E-state index contributed by atoms with van der Waals surface area (Å²) < 4.78 is 12.8. The van der Waals surface area contributed by atoms with Crippen molar-refractivity contribution < 1.29 is 9.47 Å². The molecule has 172 valence electrons.